The maximum Gasteiger partial charge on any atom is 0.0958 e. The van der Waals surface area contributed by atoms with Gasteiger partial charge in [0.15, 0.2) is 0 Å². The average Bonchev–Trinajstić information content (AvgIpc) is 2.66. The standard InChI is InChI=1S/C16H15Cl2NO/c17-11-6-5-10(14(18)7-11)8-16(20)9-15(19)12-3-1-2-4-13(12)16/h1-7,15,20H,8-9,19H2. The quantitative estimate of drug-likeness (QED) is 0.886. The Balaban J connectivity index is 1.98. The van der Waals surface area contributed by atoms with Crippen LogP contribution in [0.1, 0.15) is 29.2 Å². The van der Waals surface area contributed by atoms with Gasteiger partial charge in [0.05, 0.1) is 5.60 Å². The van der Waals surface area contributed by atoms with E-state index in [4.69, 9.17) is 28.9 Å². The van der Waals surface area contributed by atoms with Gasteiger partial charge in [0.2, 0.25) is 0 Å². The van der Waals surface area contributed by atoms with Crippen LogP contribution in [0.3, 0.4) is 0 Å². The lowest BCUT2D eigenvalue weighted by molar-refractivity contribution is 0.0342. The minimum atomic E-state index is -0.965. The van der Waals surface area contributed by atoms with Crippen molar-refractivity contribution in [3.63, 3.8) is 0 Å². The average molecular weight is 308 g/mol. The largest absolute Gasteiger partial charge is 0.385 e. The van der Waals surface area contributed by atoms with E-state index >= 15 is 0 Å². The summed E-state index contributed by atoms with van der Waals surface area (Å²) < 4.78 is 0. The van der Waals surface area contributed by atoms with E-state index in [9.17, 15) is 5.11 Å². The molecule has 0 amide bonds. The number of rotatable bonds is 2. The van der Waals surface area contributed by atoms with Crippen molar-refractivity contribution in [1.29, 1.82) is 0 Å². The molecule has 2 aromatic rings. The van der Waals surface area contributed by atoms with Crippen LogP contribution in [0.4, 0.5) is 0 Å². The second kappa shape index (κ2) is 5.05. The Morgan fingerprint density at radius 3 is 2.70 bits per heavy atom. The Labute approximate surface area is 128 Å². The lowest BCUT2D eigenvalue weighted by atomic mass is 9.88. The molecule has 0 saturated heterocycles. The second-order valence-electron chi connectivity index (χ2n) is 5.34. The van der Waals surface area contributed by atoms with Crippen LogP contribution in [0.25, 0.3) is 0 Å². The van der Waals surface area contributed by atoms with Gasteiger partial charge in [-0.05, 0) is 35.2 Å². The van der Waals surface area contributed by atoms with E-state index in [2.05, 4.69) is 0 Å². The molecule has 1 aliphatic rings. The fourth-order valence-corrected chi connectivity index (χ4v) is 3.45. The molecule has 2 aromatic carbocycles. The molecule has 0 heterocycles. The predicted octanol–water partition coefficient (Wildman–Crippen LogP) is 3.83. The molecular weight excluding hydrogens is 293 g/mol. The van der Waals surface area contributed by atoms with E-state index in [1.54, 1.807) is 12.1 Å². The topological polar surface area (TPSA) is 46.2 Å². The predicted molar refractivity (Wildman–Crippen MR) is 82.1 cm³/mol. The van der Waals surface area contributed by atoms with Crippen LogP contribution in [-0.4, -0.2) is 5.11 Å². The molecule has 0 radical (unpaired) electrons. The third kappa shape index (κ3) is 2.33. The summed E-state index contributed by atoms with van der Waals surface area (Å²) in [5, 5.41) is 12.2. The molecule has 2 atom stereocenters. The van der Waals surface area contributed by atoms with Gasteiger partial charge in [0, 0.05) is 22.5 Å². The third-order valence-electron chi connectivity index (χ3n) is 3.92. The Kier molecular flexibility index (Phi) is 3.51. The van der Waals surface area contributed by atoms with Gasteiger partial charge >= 0.3 is 0 Å². The van der Waals surface area contributed by atoms with E-state index in [0.29, 0.717) is 22.9 Å². The monoisotopic (exact) mass is 307 g/mol. The molecule has 3 N–H and O–H groups in total. The first-order chi connectivity index (χ1) is 9.49. The molecule has 1 aliphatic carbocycles. The molecule has 0 aliphatic heterocycles. The number of benzene rings is 2. The molecule has 20 heavy (non-hydrogen) atoms. The van der Waals surface area contributed by atoms with Crippen molar-refractivity contribution in [3.8, 4) is 0 Å². The zero-order chi connectivity index (χ0) is 14.3. The minimum Gasteiger partial charge on any atom is -0.385 e. The Hall–Kier alpha value is -1.06. The van der Waals surface area contributed by atoms with Crippen molar-refractivity contribution < 1.29 is 5.11 Å². The summed E-state index contributed by atoms with van der Waals surface area (Å²) in [7, 11) is 0. The first-order valence-corrected chi connectivity index (χ1v) is 7.26. The molecule has 0 bridgehead atoms. The molecule has 104 valence electrons. The summed E-state index contributed by atoms with van der Waals surface area (Å²) in [6.45, 7) is 0. The SMILES string of the molecule is NC1CC(O)(Cc2ccc(Cl)cc2Cl)c2ccccc21. The van der Waals surface area contributed by atoms with Gasteiger partial charge in [0.1, 0.15) is 0 Å². The van der Waals surface area contributed by atoms with Crippen molar-refractivity contribution in [2.24, 2.45) is 5.73 Å². The number of fused-ring (bicyclic) bond motifs is 1. The Bertz CT molecular complexity index is 659. The van der Waals surface area contributed by atoms with Gasteiger partial charge < -0.3 is 10.8 Å². The van der Waals surface area contributed by atoms with Crippen LogP contribution in [-0.2, 0) is 12.0 Å². The highest BCUT2D eigenvalue weighted by molar-refractivity contribution is 6.35. The van der Waals surface area contributed by atoms with Crippen molar-refractivity contribution in [2.75, 3.05) is 0 Å². The molecule has 0 spiro atoms. The Morgan fingerprint density at radius 1 is 1.20 bits per heavy atom. The normalized spacial score (nSPS) is 24.7. The highest BCUT2D eigenvalue weighted by Crippen LogP contribution is 2.44. The van der Waals surface area contributed by atoms with Crippen LogP contribution in [0.5, 0.6) is 0 Å². The first kappa shape index (κ1) is 13.9. The summed E-state index contributed by atoms with van der Waals surface area (Å²) in [5.74, 6) is 0. The number of aliphatic hydroxyl groups is 1. The van der Waals surface area contributed by atoms with Gasteiger partial charge in [-0.2, -0.15) is 0 Å². The summed E-state index contributed by atoms with van der Waals surface area (Å²) in [6.07, 6.45) is 0.943. The van der Waals surface area contributed by atoms with Gasteiger partial charge in [-0.15, -0.1) is 0 Å². The molecule has 0 saturated carbocycles. The maximum absolute atomic E-state index is 11.0. The lowest BCUT2D eigenvalue weighted by Gasteiger charge is -2.25. The smallest absolute Gasteiger partial charge is 0.0958 e. The molecule has 4 heteroatoms. The zero-order valence-electron chi connectivity index (χ0n) is 10.8. The molecule has 0 aromatic heterocycles. The Morgan fingerprint density at radius 2 is 1.95 bits per heavy atom. The van der Waals surface area contributed by atoms with Gasteiger partial charge in [0.25, 0.3) is 0 Å². The first-order valence-electron chi connectivity index (χ1n) is 6.51. The van der Waals surface area contributed by atoms with Crippen molar-refractivity contribution in [3.05, 3.63) is 69.2 Å². The van der Waals surface area contributed by atoms with Crippen molar-refractivity contribution in [2.45, 2.75) is 24.5 Å². The minimum absolute atomic E-state index is 0.137. The van der Waals surface area contributed by atoms with E-state index in [1.807, 2.05) is 30.3 Å². The van der Waals surface area contributed by atoms with Gasteiger partial charge in [-0.1, -0.05) is 53.5 Å². The van der Waals surface area contributed by atoms with Crippen LogP contribution >= 0.6 is 23.2 Å². The van der Waals surface area contributed by atoms with E-state index < -0.39 is 5.60 Å². The van der Waals surface area contributed by atoms with E-state index in [-0.39, 0.29) is 6.04 Å². The number of halogens is 2. The molecule has 2 unspecified atom stereocenters. The molecule has 0 fully saturated rings. The second-order valence-corrected chi connectivity index (χ2v) is 6.19. The number of hydrogen-bond acceptors (Lipinski definition) is 2. The van der Waals surface area contributed by atoms with E-state index in [1.165, 1.54) is 0 Å². The van der Waals surface area contributed by atoms with Crippen LogP contribution in [0.15, 0.2) is 42.5 Å². The summed E-state index contributed by atoms with van der Waals surface area (Å²) >= 11 is 12.1. The molecular formula is C16H15Cl2NO. The number of hydrogen-bond donors (Lipinski definition) is 2. The molecule has 2 nitrogen and oxygen atoms in total. The zero-order valence-corrected chi connectivity index (χ0v) is 12.3. The fourth-order valence-electron chi connectivity index (χ4n) is 2.98. The number of nitrogens with two attached hydrogens (primary N) is 1. The summed E-state index contributed by atoms with van der Waals surface area (Å²) in [5.41, 5.74) is 7.95. The van der Waals surface area contributed by atoms with Crippen LogP contribution in [0.2, 0.25) is 10.0 Å². The lowest BCUT2D eigenvalue weighted by Crippen LogP contribution is -2.26. The summed E-state index contributed by atoms with van der Waals surface area (Å²) in [6, 6.07) is 13.0. The molecule has 3 rings (SSSR count). The van der Waals surface area contributed by atoms with Crippen molar-refractivity contribution in [1.82, 2.24) is 0 Å². The van der Waals surface area contributed by atoms with Gasteiger partial charge in [-0.25, -0.2) is 0 Å². The maximum atomic E-state index is 11.0. The van der Waals surface area contributed by atoms with Gasteiger partial charge in [-0.3, -0.25) is 0 Å². The third-order valence-corrected chi connectivity index (χ3v) is 4.50. The van der Waals surface area contributed by atoms with Crippen LogP contribution in [0, 0.1) is 0 Å². The van der Waals surface area contributed by atoms with Crippen LogP contribution < -0.4 is 5.73 Å². The highest BCUT2D eigenvalue weighted by atomic mass is 35.5. The fraction of sp³-hybridized carbons (Fsp3) is 0.250. The van der Waals surface area contributed by atoms with E-state index in [0.717, 1.165) is 16.7 Å². The highest BCUT2D eigenvalue weighted by Gasteiger charge is 2.41. The van der Waals surface area contributed by atoms with Crippen molar-refractivity contribution >= 4 is 23.2 Å². The summed E-state index contributed by atoms with van der Waals surface area (Å²) in [4.78, 5) is 0.